The van der Waals surface area contributed by atoms with E-state index in [4.69, 9.17) is 0 Å². The zero-order valence-electron chi connectivity index (χ0n) is 53.4. The maximum Gasteiger partial charge on any atom is 0.471 e. The van der Waals surface area contributed by atoms with Crippen molar-refractivity contribution in [1.82, 2.24) is 39.2 Å². The molecule has 4 heterocycles. The number of alkyl halides is 24. The van der Waals surface area contributed by atoms with Gasteiger partial charge in [-0.25, -0.2) is 0 Å². The molecule has 0 bridgehead atoms. The Balaban J connectivity index is 1.07. The molecule has 42 heteroatoms. The van der Waals surface area contributed by atoms with Gasteiger partial charge in [0, 0.05) is 83.7 Å². The largest absolute Gasteiger partial charge is 0.471 e. The molecule has 10 rings (SSSR count). The number of anilines is 6. The van der Waals surface area contributed by atoms with Crippen molar-refractivity contribution in [2.24, 2.45) is 0 Å². The third-order valence-corrected chi connectivity index (χ3v) is 16.5. The number of hydrogen-bond donors (Lipinski definition) is 0. The van der Waals surface area contributed by atoms with Gasteiger partial charge in [-0.1, -0.05) is 60.7 Å². The lowest BCUT2D eigenvalue weighted by Crippen LogP contribution is -2.46. The second-order valence-corrected chi connectivity index (χ2v) is 23.4. The van der Waals surface area contributed by atoms with E-state index in [0.717, 1.165) is 98.8 Å². The molecule has 108 heavy (non-hydrogen) atoms. The molecule has 4 aliphatic heterocycles. The second-order valence-electron chi connectivity index (χ2n) is 23.4. The summed E-state index contributed by atoms with van der Waals surface area (Å²) in [5.74, 6) is -21.9. The normalized spacial score (nSPS) is 15.9. The summed E-state index contributed by atoms with van der Waals surface area (Å²) in [5.41, 5.74) is -2.84. The molecule has 0 saturated heterocycles. The predicted molar refractivity (Wildman–Crippen MR) is 321 cm³/mol. The first-order valence-corrected chi connectivity index (χ1v) is 29.9. The molecule has 8 amide bonds. The molecule has 0 saturated carbocycles. The van der Waals surface area contributed by atoms with Crippen LogP contribution >= 0.6 is 0 Å². The Labute approximate surface area is 588 Å². The van der Waals surface area contributed by atoms with Crippen LogP contribution < -0.4 is 9.80 Å². The molecular weight excluding hydrogens is 1520 g/mol. The van der Waals surface area contributed by atoms with Crippen LogP contribution in [0.2, 0.25) is 0 Å². The highest BCUT2D eigenvalue weighted by atomic mass is 19.4. The number of hydrogen-bond acceptors (Lipinski definition) is 10. The van der Waals surface area contributed by atoms with E-state index < -0.39 is 144 Å². The fourth-order valence-corrected chi connectivity index (χ4v) is 11.9. The Hall–Kier alpha value is -12.0. The summed E-state index contributed by atoms with van der Waals surface area (Å²) in [7, 11) is 0. The van der Waals surface area contributed by atoms with Crippen molar-refractivity contribution in [1.29, 1.82) is 0 Å². The molecule has 6 aromatic carbocycles. The van der Waals surface area contributed by atoms with Crippen molar-refractivity contribution in [2.75, 3.05) is 9.80 Å². The van der Waals surface area contributed by atoms with E-state index in [-0.39, 0.29) is 145 Å². The lowest BCUT2D eigenvalue weighted by molar-refractivity contribution is -0.193. The summed E-state index contributed by atoms with van der Waals surface area (Å²) in [6.45, 7) is 2.23. The molecule has 18 nitrogen and oxygen atoms in total. The quantitative estimate of drug-likeness (QED) is 0.114. The highest BCUT2D eigenvalue weighted by molar-refractivity contribution is 5.92. The first-order chi connectivity index (χ1) is 49.8. The minimum absolute atomic E-state index is 0.00498. The second kappa shape index (κ2) is 27.7. The first-order valence-electron chi connectivity index (χ1n) is 29.9. The van der Waals surface area contributed by atoms with E-state index >= 15 is 0 Å². The number of aryl methyl sites for hydroxylation is 2. The van der Waals surface area contributed by atoms with Crippen molar-refractivity contribution >= 4 is 81.4 Å². The van der Waals surface area contributed by atoms with Crippen LogP contribution in [0.4, 0.5) is 139 Å². The number of halogens is 24. The smallest absolute Gasteiger partial charge is 0.310 e. The van der Waals surface area contributed by atoms with E-state index in [2.05, 4.69) is 0 Å². The first kappa shape index (κ1) is 78.5. The third-order valence-electron chi connectivity index (χ3n) is 16.5. The van der Waals surface area contributed by atoms with E-state index in [1.54, 1.807) is 0 Å². The molecule has 0 aromatic heterocycles. The molecule has 0 radical (unpaired) electrons. The fraction of sp³-hybridized carbons (Fsp3) is 0.212. The van der Waals surface area contributed by atoms with Gasteiger partial charge in [-0.3, -0.25) is 77.6 Å². The van der Waals surface area contributed by atoms with Gasteiger partial charge in [0.25, 0.3) is 0 Å². The molecular formula is C66H40F24N10O8. The van der Waals surface area contributed by atoms with Crippen LogP contribution in [0.25, 0.3) is 11.1 Å². The Morgan fingerprint density at radius 1 is 0.241 bits per heavy atom. The Bertz CT molecular complexity index is 4260. The van der Waals surface area contributed by atoms with Crippen molar-refractivity contribution in [3.05, 3.63) is 216 Å². The van der Waals surface area contributed by atoms with Gasteiger partial charge in [0.1, 0.15) is 24.7 Å². The molecule has 4 aliphatic rings. The summed E-state index contributed by atoms with van der Waals surface area (Å²) >= 11 is 0. The van der Waals surface area contributed by atoms with Crippen LogP contribution in [0.3, 0.4) is 0 Å². The zero-order valence-corrected chi connectivity index (χ0v) is 53.4. The topological polar surface area (TPSA) is 169 Å². The highest BCUT2D eigenvalue weighted by Gasteiger charge is 2.57. The van der Waals surface area contributed by atoms with Gasteiger partial charge in [-0.05, 0) is 131 Å². The SMILES string of the molecule is Cc1cc(N(c2ccc(-c3ccc(N(c4ccc(C5N(C(=O)C(F)(F)F)C=CN5C(=O)C(F)(F)F)cc4)c4ccc(C5N(C(=O)C(F)(F)F)C=CN5C(=O)C(F)(F)F)c(C)c4)cc3)cc2)c2ccc(C3N(C(=O)C(F)(F)F)C=CN3C(=O)C(F)(F)F)cc2)ccc1C1N(C(=O)C(F)(F)F)C=CN1C(=O)C(F)(F)F. The van der Waals surface area contributed by atoms with Gasteiger partial charge in [0.2, 0.25) is 0 Å². The standard InChI is InChI=1S/C66H40F24N10O8/c1-33-31-43(19-21-45(33)49-95(55(105)63(79,80)81)27-28-96(49)56(106)64(82,83)84)99(41-15-7-37(8-16-41)47-91(51(101)59(67,68)69)23-24-92(47)52(102)60(70,71)72)39-11-3-35(4-12-39)36-5-13-40(14-6-36)100(42-17-9-38(10-18-42)48-93(53(103)61(73,74)75)25-26-94(48)54(104)62(76,77)78)44-20-22-46(34(2)32-44)50-97(57(107)65(85,86)87)29-30-98(50)58(108)66(88,89)90/h3-32,47-50H,1-2H3. The molecule has 0 spiro atoms. The zero-order chi connectivity index (χ0) is 80.0. The minimum Gasteiger partial charge on any atom is -0.310 e. The lowest BCUT2D eigenvalue weighted by atomic mass is 10.0. The third kappa shape index (κ3) is 15.4. The molecule has 6 aromatic rings. The van der Waals surface area contributed by atoms with Gasteiger partial charge in [0.05, 0.1) is 0 Å². The number of carbonyl (C=O) groups excluding carboxylic acids is 8. The van der Waals surface area contributed by atoms with Crippen LogP contribution in [-0.4, -0.2) is 136 Å². The number of amides is 8. The van der Waals surface area contributed by atoms with Crippen LogP contribution in [-0.2, 0) is 38.4 Å². The summed E-state index contributed by atoms with van der Waals surface area (Å²) in [5, 5.41) is 0. The van der Waals surface area contributed by atoms with Crippen molar-refractivity contribution in [2.45, 2.75) is 87.9 Å². The van der Waals surface area contributed by atoms with E-state index in [9.17, 15) is 144 Å². The van der Waals surface area contributed by atoms with Crippen molar-refractivity contribution in [3.8, 4) is 11.1 Å². The van der Waals surface area contributed by atoms with Crippen molar-refractivity contribution in [3.63, 3.8) is 0 Å². The fourth-order valence-electron chi connectivity index (χ4n) is 11.9. The summed E-state index contributed by atoms with van der Waals surface area (Å²) in [6.07, 6.45) is -53.8. The lowest BCUT2D eigenvalue weighted by Gasteiger charge is -2.33. The molecule has 0 atom stereocenters. The summed E-state index contributed by atoms with van der Waals surface area (Å²) in [6, 6.07) is 24.4. The molecule has 570 valence electrons. The van der Waals surface area contributed by atoms with Gasteiger partial charge >= 0.3 is 96.7 Å². The van der Waals surface area contributed by atoms with Crippen LogP contribution in [0.1, 0.15) is 58.0 Å². The maximum absolute atomic E-state index is 14.0. The predicted octanol–water partition coefficient (Wildman–Crippen LogP) is 16.0. The molecule has 0 aliphatic carbocycles. The summed E-state index contributed by atoms with van der Waals surface area (Å²) < 4.78 is 334. The van der Waals surface area contributed by atoms with Gasteiger partial charge in [0.15, 0.2) is 0 Å². The highest BCUT2D eigenvalue weighted by Crippen LogP contribution is 2.48. The number of nitrogens with zero attached hydrogens (tertiary/aromatic N) is 10. The van der Waals surface area contributed by atoms with Crippen LogP contribution in [0.15, 0.2) is 183 Å². The average molecular weight is 1560 g/mol. The Morgan fingerprint density at radius 2 is 0.407 bits per heavy atom. The number of carbonyl (C=O) groups is 8. The average Bonchev–Trinajstić information content (AvgIpc) is 1.49. The van der Waals surface area contributed by atoms with Crippen LogP contribution in [0.5, 0.6) is 0 Å². The number of rotatable bonds is 11. The Kier molecular flexibility index (Phi) is 20.1. The molecule has 0 unspecified atom stereocenters. The maximum atomic E-state index is 14.0. The van der Waals surface area contributed by atoms with Gasteiger partial charge in [-0.2, -0.15) is 105 Å². The minimum atomic E-state index is -5.74. The van der Waals surface area contributed by atoms with E-state index in [1.165, 1.54) is 58.3 Å². The van der Waals surface area contributed by atoms with Gasteiger partial charge in [-0.15, -0.1) is 0 Å². The Morgan fingerprint density at radius 3 is 0.583 bits per heavy atom. The molecule has 0 fully saturated rings. The van der Waals surface area contributed by atoms with Crippen molar-refractivity contribution < 1.29 is 144 Å². The van der Waals surface area contributed by atoms with Gasteiger partial charge < -0.3 is 9.80 Å². The van der Waals surface area contributed by atoms with Crippen LogP contribution in [0, 0.1) is 13.8 Å². The monoisotopic (exact) mass is 1560 g/mol. The van der Waals surface area contributed by atoms with E-state index in [1.807, 2.05) is 0 Å². The van der Waals surface area contributed by atoms with E-state index in [0.29, 0.717) is 0 Å². The number of benzene rings is 6. The molecule has 0 N–H and O–H groups in total. The summed E-state index contributed by atoms with van der Waals surface area (Å²) in [4.78, 5) is 102.